The molecule has 6 nitrogen and oxygen atoms in total. The average Bonchev–Trinajstić information content (AvgIpc) is 2.55. The van der Waals surface area contributed by atoms with Gasteiger partial charge in [0.15, 0.2) is 0 Å². The topological polar surface area (TPSA) is 86.7 Å². The van der Waals surface area contributed by atoms with E-state index in [2.05, 4.69) is 5.32 Å². The maximum Gasteiger partial charge on any atom is 0.326 e. The van der Waals surface area contributed by atoms with Crippen LogP contribution >= 0.6 is 0 Å². The van der Waals surface area contributed by atoms with Gasteiger partial charge in [-0.1, -0.05) is 42.5 Å². The molecule has 1 rings (SSSR count). The Balaban J connectivity index is 2.55. The van der Waals surface area contributed by atoms with Gasteiger partial charge in [0, 0.05) is 26.4 Å². The summed E-state index contributed by atoms with van der Waals surface area (Å²) in [6.45, 7) is 3.25. The van der Waals surface area contributed by atoms with E-state index in [1.54, 1.807) is 0 Å². The van der Waals surface area contributed by atoms with E-state index < -0.39 is 12.0 Å². The minimum atomic E-state index is -1.06. The fourth-order valence-corrected chi connectivity index (χ4v) is 2.15. The van der Waals surface area contributed by atoms with E-state index in [-0.39, 0.29) is 31.3 Å². The standard InChI is InChI=1S/C18H24N2O4/c1-14(18(23)24)20(13-12-19-15(2)21)17(22)11-7-6-10-16-8-4-3-5-9-16/h3-6,8-10,14H,7,11-13H2,1-2H3,(H,19,21)(H,23,24)/b10-6+. The molecule has 0 heterocycles. The Labute approximate surface area is 142 Å². The first-order valence-corrected chi connectivity index (χ1v) is 7.90. The number of aliphatic carboxylic acids is 1. The Bertz CT molecular complexity index is 584. The van der Waals surface area contributed by atoms with Crippen molar-refractivity contribution in [2.45, 2.75) is 32.7 Å². The van der Waals surface area contributed by atoms with E-state index in [0.29, 0.717) is 6.42 Å². The summed E-state index contributed by atoms with van der Waals surface area (Å²) < 4.78 is 0. The van der Waals surface area contributed by atoms with E-state index >= 15 is 0 Å². The lowest BCUT2D eigenvalue weighted by atomic mass is 10.1. The summed E-state index contributed by atoms with van der Waals surface area (Å²) in [4.78, 5) is 35.6. The highest BCUT2D eigenvalue weighted by atomic mass is 16.4. The van der Waals surface area contributed by atoms with Crippen molar-refractivity contribution in [3.05, 3.63) is 42.0 Å². The molecule has 1 unspecified atom stereocenters. The summed E-state index contributed by atoms with van der Waals surface area (Å²) >= 11 is 0. The Hall–Kier alpha value is -2.63. The highest BCUT2D eigenvalue weighted by Crippen LogP contribution is 2.07. The first kappa shape index (κ1) is 19.4. The van der Waals surface area contributed by atoms with Crippen molar-refractivity contribution in [3.8, 4) is 0 Å². The molecule has 0 radical (unpaired) electrons. The van der Waals surface area contributed by atoms with Gasteiger partial charge >= 0.3 is 5.97 Å². The number of benzene rings is 1. The average molecular weight is 332 g/mol. The molecule has 0 bridgehead atoms. The van der Waals surface area contributed by atoms with Crippen LogP contribution in [0.1, 0.15) is 32.3 Å². The van der Waals surface area contributed by atoms with Gasteiger partial charge in [-0.15, -0.1) is 0 Å². The number of hydrogen-bond donors (Lipinski definition) is 2. The predicted octanol–water partition coefficient (Wildman–Crippen LogP) is 1.92. The number of nitrogens with zero attached hydrogens (tertiary/aromatic N) is 1. The van der Waals surface area contributed by atoms with Gasteiger partial charge in [-0.2, -0.15) is 0 Å². The largest absolute Gasteiger partial charge is 0.480 e. The highest BCUT2D eigenvalue weighted by Gasteiger charge is 2.24. The van der Waals surface area contributed by atoms with Gasteiger partial charge in [0.25, 0.3) is 0 Å². The Kier molecular flexibility index (Phi) is 8.25. The molecular formula is C18H24N2O4. The van der Waals surface area contributed by atoms with Crippen LogP contribution in [0.3, 0.4) is 0 Å². The van der Waals surface area contributed by atoms with Gasteiger partial charge in [0.2, 0.25) is 11.8 Å². The second-order valence-corrected chi connectivity index (χ2v) is 5.44. The van der Waals surface area contributed by atoms with Gasteiger partial charge in [-0.25, -0.2) is 4.79 Å². The quantitative estimate of drug-likeness (QED) is 0.723. The molecule has 130 valence electrons. The maximum absolute atomic E-state index is 12.3. The SMILES string of the molecule is CC(=O)NCCN(C(=O)CC/C=C/c1ccccc1)C(C)C(=O)O. The lowest BCUT2D eigenvalue weighted by molar-refractivity contribution is -0.149. The van der Waals surface area contributed by atoms with Crippen molar-refractivity contribution >= 4 is 23.9 Å². The molecule has 24 heavy (non-hydrogen) atoms. The molecule has 0 aromatic heterocycles. The second kappa shape index (κ2) is 10.2. The third-order valence-electron chi connectivity index (χ3n) is 3.51. The molecule has 0 saturated carbocycles. The van der Waals surface area contributed by atoms with Crippen molar-refractivity contribution in [3.63, 3.8) is 0 Å². The van der Waals surface area contributed by atoms with Crippen LogP contribution in [-0.4, -0.2) is 46.9 Å². The lowest BCUT2D eigenvalue weighted by Gasteiger charge is -2.26. The van der Waals surface area contributed by atoms with E-state index in [1.807, 2.05) is 42.5 Å². The van der Waals surface area contributed by atoms with Crippen LogP contribution in [0.2, 0.25) is 0 Å². The van der Waals surface area contributed by atoms with Crippen molar-refractivity contribution in [2.75, 3.05) is 13.1 Å². The van der Waals surface area contributed by atoms with Crippen molar-refractivity contribution < 1.29 is 19.5 Å². The molecule has 0 fully saturated rings. The smallest absolute Gasteiger partial charge is 0.326 e. The number of amides is 2. The van der Waals surface area contributed by atoms with Crippen molar-refractivity contribution in [2.24, 2.45) is 0 Å². The zero-order chi connectivity index (χ0) is 17.9. The van der Waals surface area contributed by atoms with Gasteiger partial charge in [0.1, 0.15) is 6.04 Å². The van der Waals surface area contributed by atoms with Crippen LogP contribution < -0.4 is 5.32 Å². The van der Waals surface area contributed by atoms with Crippen molar-refractivity contribution in [1.82, 2.24) is 10.2 Å². The summed E-state index contributed by atoms with van der Waals surface area (Å²) in [7, 11) is 0. The number of allylic oxidation sites excluding steroid dienone is 1. The van der Waals surface area contributed by atoms with Gasteiger partial charge in [0.05, 0.1) is 0 Å². The molecule has 1 aromatic rings. The Morgan fingerprint density at radius 2 is 1.92 bits per heavy atom. The molecule has 1 atom stereocenters. The first-order valence-electron chi connectivity index (χ1n) is 7.90. The maximum atomic E-state index is 12.3. The van der Waals surface area contributed by atoms with E-state index in [9.17, 15) is 14.4 Å². The number of carbonyl (C=O) groups is 3. The monoisotopic (exact) mass is 332 g/mol. The summed E-state index contributed by atoms with van der Waals surface area (Å²) in [6.07, 6.45) is 4.57. The summed E-state index contributed by atoms with van der Waals surface area (Å²) in [5.41, 5.74) is 1.05. The molecular weight excluding hydrogens is 308 g/mol. The highest BCUT2D eigenvalue weighted by molar-refractivity contribution is 5.83. The number of hydrogen-bond acceptors (Lipinski definition) is 3. The third-order valence-corrected chi connectivity index (χ3v) is 3.51. The molecule has 0 aliphatic rings. The van der Waals surface area contributed by atoms with E-state index in [4.69, 9.17) is 5.11 Å². The first-order chi connectivity index (χ1) is 11.4. The molecule has 2 amide bonds. The Morgan fingerprint density at radius 1 is 1.25 bits per heavy atom. The predicted molar refractivity (Wildman–Crippen MR) is 92.2 cm³/mol. The minimum absolute atomic E-state index is 0.175. The van der Waals surface area contributed by atoms with Crippen LogP contribution in [0.15, 0.2) is 36.4 Å². The molecule has 0 saturated heterocycles. The minimum Gasteiger partial charge on any atom is -0.480 e. The van der Waals surface area contributed by atoms with Crippen LogP contribution in [0, 0.1) is 0 Å². The number of rotatable bonds is 9. The second-order valence-electron chi connectivity index (χ2n) is 5.44. The number of carboxylic acids is 1. The number of carboxylic acid groups (broad SMARTS) is 1. The fourth-order valence-electron chi connectivity index (χ4n) is 2.15. The van der Waals surface area contributed by atoms with E-state index in [0.717, 1.165) is 5.56 Å². The van der Waals surface area contributed by atoms with Crippen LogP contribution in [-0.2, 0) is 14.4 Å². The third kappa shape index (κ3) is 7.09. The van der Waals surface area contributed by atoms with Gasteiger partial charge in [-0.05, 0) is 18.9 Å². The molecule has 0 spiro atoms. The summed E-state index contributed by atoms with van der Waals surface area (Å²) in [5, 5.41) is 11.7. The van der Waals surface area contributed by atoms with Crippen molar-refractivity contribution in [1.29, 1.82) is 0 Å². The molecule has 1 aromatic carbocycles. The molecule has 6 heteroatoms. The molecule has 2 N–H and O–H groups in total. The van der Waals surface area contributed by atoms with Gasteiger partial charge < -0.3 is 15.3 Å². The van der Waals surface area contributed by atoms with Crippen LogP contribution in [0.4, 0.5) is 0 Å². The van der Waals surface area contributed by atoms with Gasteiger partial charge in [-0.3, -0.25) is 9.59 Å². The summed E-state index contributed by atoms with van der Waals surface area (Å²) in [5.74, 6) is -1.52. The zero-order valence-electron chi connectivity index (χ0n) is 14.1. The fraction of sp³-hybridized carbons (Fsp3) is 0.389. The molecule has 0 aliphatic carbocycles. The molecule has 0 aliphatic heterocycles. The Morgan fingerprint density at radius 3 is 2.50 bits per heavy atom. The summed E-state index contributed by atoms with van der Waals surface area (Å²) in [6, 6.07) is 8.80. The van der Waals surface area contributed by atoms with Crippen LogP contribution in [0.5, 0.6) is 0 Å². The normalized spacial score (nSPS) is 11.9. The van der Waals surface area contributed by atoms with Crippen LogP contribution in [0.25, 0.3) is 6.08 Å². The lowest BCUT2D eigenvalue weighted by Crippen LogP contribution is -2.46. The number of carbonyl (C=O) groups excluding carboxylic acids is 2. The number of nitrogens with one attached hydrogen (secondary N) is 1. The van der Waals surface area contributed by atoms with E-state index in [1.165, 1.54) is 18.7 Å². The zero-order valence-corrected chi connectivity index (χ0v) is 14.1.